The SMILES string of the molecule is CCCOc1ccc(C2c3c(oc4ccc(F)cc4c3=O)C(=O)N2CCCOC)cc1OCC. The van der Waals surface area contributed by atoms with Crippen LogP contribution in [0.2, 0.25) is 0 Å². The van der Waals surface area contributed by atoms with Gasteiger partial charge in [0, 0.05) is 20.3 Å². The number of methoxy groups -OCH3 is 1. The van der Waals surface area contributed by atoms with Crippen LogP contribution in [-0.2, 0) is 4.74 Å². The zero-order chi connectivity index (χ0) is 24.2. The number of nitrogens with zero attached hydrogens (tertiary/aromatic N) is 1. The number of hydrogen-bond donors (Lipinski definition) is 0. The van der Waals surface area contributed by atoms with E-state index in [0.29, 0.717) is 49.8 Å². The molecule has 0 fully saturated rings. The summed E-state index contributed by atoms with van der Waals surface area (Å²) in [6.45, 7) is 5.65. The summed E-state index contributed by atoms with van der Waals surface area (Å²) in [6, 6.07) is 8.41. The molecule has 1 amide bonds. The second-order valence-corrected chi connectivity index (χ2v) is 8.05. The molecule has 1 aliphatic heterocycles. The van der Waals surface area contributed by atoms with E-state index < -0.39 is 17.3 Å². The summed E-state index contributed by atoms with van der Waals surface area (Å²) in [7, 11) is 1.59. The first kappa shape index (κ1) is 23.8. The number of halogens is 1. The Balaban J connectivity index is 1.87. The van der Waals surface area contributed by atoms with E-state index in [9.17, 15) is 14.0 Å². The third-order valence-electron chi connectivity index (χ3n) is 5.72. The Kier molecular flexibility index (Phi) is 7.17. The van der Waals surface area contributed by atoms with Crippen LogP contribution in [0.15, 0.2) is 45.6 Å². The van der Waals surface area contributed by atoms with E-state index in [0.717, 1.165) is 12.5 Å². The topological polar surface area (TPSA) is 78.2 Å². The summed E-state index contributed by atoms with van der Waals surface area (Å²) in [5.41, 5.74) is 0.631. The van der Waals surface area contributed by atoms with Crippen LogP contribution in [0.3, 0.4) is 0 Å². The molecule has 0 saturated heterocycles. The normalized spacial score (nSPS) is 15.1. The number of benzene rings is 2. The van der Waals surface area contributed by atoms with Crippen LogP contribution in [0.1, 0.15) is 54.4 Å². The minimum absolute atomic E-state index is 0.0178. The number of carbonyl (C=O) groups excluding carboxylic acids is 1. The van der Waals surface area contributed by atoms with Crippen LogP contribution >= 0.6 is 0 Å². The van der Waals surface area contributed by atoms with E-state index in [4.69, 9.17) is 18.6 Å². The standard InChI is InChI=1S/C26H28FNO6/c1-4-12-33-20-9-7-16(14-21(20)32-5-2)23-22-24(29)18-15-17(27)8-10-19(18)34-25(22)26(30)28(23)11-6-13-31-3/h7-10,14-15,23H,4-6,11-13H2,1-3H3. The third kappa shape index (κ3) is 4.37. The largest absolute Gasteiger partial charge is 0.490 e. The summed E-state index contributed by atoms with van der Waals surface area (Å²) >= 11 is 0. The van der Waals surface area contributed by atoms with Crippen LogP contribution in [-0.4, -0.2) is 44.3 Å². The van der Waals surface area contributed by atoms with Gasteiger partial charge in [-0.25, -0.2) is 4.39 Å². The van der Waals surface area contributed by atoms with Gasteiger partial charge in [-0.05, 0) is 55.7 Å². The maximum absolute atomic E-state index is 13.9. The molecule has 2 heterocycles. The fraction of sp³-hybridized carbons (Fsp3) is 0.385. The van der Waals surface area contributed by atoms with Crippen LogP contribution < -0.4 is 14.9 Å². The van der Waals surface area contributed by atoms with Gasteiger partial charge >= 0.3 is 0 Å². The molecule has 1 unspecified atom stereocenters. The number of hydrogen-bond acceptors (Lipinski definition) is 6. The first-order valence-corrected chi connectivity index (χ1v) is 11.5. The van der Waals surface area contributed by atoms with E-state index >= 15 is 0 Å². The Hall–Kier alpha value is -3.39. The second kappa shape index (κ2) is 10.3. The quantitative estimate of drug-likeness (QED) is 0.401. The van der Waals surface area contributed by atoms with Gasteiger partial charge in [-0.2, -0.15) is 0 Å². The lowest BCUT2D eigenvalue weighted by atomic mass is 9.98. The van der Waals surface area contributed by atoms with Crippen molar-refractivity contribution in [2.45, 2.75) is 32.7 Å². The van der Waals surface area contributed by atoms with Gasteiger partial charge in [0.05, 0.1) is 30.2 Å². The molecule has 0 spiro atoms. The molecule has 0 N–H and O–H groups in total. The average Bonchev–Trinajstić information content (AvgIpc) is 3.11. The zero-order valence-corrected chi connectivity index (χ0v) is 19.6. The van der Waals surface area contributed by atoms with E-state index in [1.807, 2.05) is 19.9 Å². The molecular formula is C26H28FNO6. The van der Waals surface area contributed by atoms with Crippen LogP contribution in [0, 0.1) is 5.82 Å². The van der Waals surface area contributed by atoms with E-state index in [1.165, 1.54) is 12.1 Å². The van der Waals surface area contributed by atoms with Crippen molar-refractivity contribution >= 4 is 16.9 Å². The molecule has 7 nitrogen and oxygen atoms in total. The smallest absolute Gasteiger partial charge is 0.290 e. The Morgan fingerprint density at radius 1 is 1.03 bits per heavy atom. The van der Waals surface area contributed by atoms with Crippen molar-refractivity contribution in [3.8, 4) is 11.5 Å². The van der Waals surface area contributed by atoms with Gasteiger partial charge in [0.15, 0.2) is 16.9 Å². The Morgan fingerprint density at radius 2 is 1.85 bits per heavy atom. The summed E-state index contributed by atoms with van der Waals surface area (Å²) in [4.78, 5) is 28.5. The zero-order valence-electron chi connectivity index (χ0n) is 19.6. The van der Waals surface area contributed by atoms with Gasteiger partial charge in [-0.3, -0.25) is 9.59 Å². The molecule has 4 rings (SSSR count). The molecule has 0 bridgehead atoms. The molecular weight excluding hydrogens is 441 g/mol. The highest BCUT2D eigenvalue weighted by atomic mass is 19.1. The average molecular weight is 470 g/mol. The Bertz CT molecular complexity index is 1250. The molecule has 3 aromatic rings. The first-order valence-electron chi connectivity index (χ1n) is 11.5. The summed E-state index contributed by atoms with van der Waals surface area (Å²) in [6.07, 6.45) is 1.42. The number of carbonyl (C=O) groups is 1. The van der Waals surface area contributed by atoms with Crippen molar-refractivity contribution in [3.63, 3.8) is 0 Å². The van der Waals surface area contributed by atoms with Gasteiger partial charge in [0.25, 0.3) is 5.91 Å². The van der Waals surface area contributed by atoms with Gasteiger partial charge in [-0.15, -0.1) is 0 Å². The monoisotopic (exact) mass is 469 g/mol. The lowest BCUT2D eigenvalue weighted by molar-refractivity contribution is 0.0707. The molecule has 34 heavy (non-hydrogen) atoms. The minimum atomic E-state index is -0.706. The predicted molar refractivity (Wildman–Crippen MR) is 125 cm³/mol. The van der Waals surface area contributed by atoms with Crippen LogP contribution in [0.25, 0.3) is 11.0 Å². The molecule has 1 aromatic heterocycles. The molecule has 180 valence electrons. The number of amides is 1. The van der Waals surface area contributed by atoms with Crippen molar-refractivity contribution in [2.24, 2.45) is 0 Å². The van der Waals surface area contributed by atoms with Crippen LogP contribution in [0.5, 0.6) is 11.5 Å². The number of fused-ring (bicyclic) bond motifs is 2. The molecule has 1 atom stereocenters. The van der Waals surface area contributed by atoms with Crippen molar-refractivity contribution in [2.75, 3.05) is 33.5 Å². The molecule has 1 aliphatic rings. The molecule has 8 heteroatoms. The highest BCUT2D eigenvalue weighted by molar-refractivity contribution is 5.99. The molecule has 0 aliphatic carbocycles. The number of rotatable bonds is 10. The number of ether oxygens (including phenoxy) is 3. The van der Waals surface area contributed by atoms with Crippen LogP contribution in [0.4, 0.5) is 4.39 Å². The van der Waals surface area contributed by atoms with Gasteiger partial charge in [-0.1, -0.05) is 13.0 Å². The lowest BCUT2D eigenvalue weighted by Gasteiger charge is -2.26. The summed E-state index contributed by atoms with van der Waals surface area (Å²) < 4.78 is 36.5. The van der Waals surface area contributed by atoms with Gasteiger partial charge in [0.2, 0.25) is 5.76 Å². The van der Waals surface area contributed by atoms with Crippen molar-refractivity contribution in [1.82, 2.24) is 4.90 Å². The molecule has 2 aromatic carbocycles. The van der Waals surface area contributed by atoms with Crippen molar-refractivity contribution in [3.05, 3.63) is 69.3 Å². The third-order valence-corrected chi connectivity index (χ3v) is 5.72. The summed E-state index contributed by atoms with van der Waals surface area (Å²) in [5.74, 6) is 0.172. The van der Waals surface area contributed by atoms with E-state index in [2.05, 4.69) is 0 Å². The molecule has 0 saturated carbocycles. The highest BCUT2D eigenvalue weighted by Crippen LogP contribution is 2.41. The predicted octanol–water partition coefficient (Wildman–Crippen LogP) is 4.70. The Morgan fingerprint density at radius 3 is 2.59 bits per heavy atom. The van der Waals surface area contributed by atoms with Gasteiger partial charge in [0.1, 0.15) is 11.4 Å². The molecule has 0 radical (unpaired) electrons. The van der Waals surface area contributed by atoms with E-state index in [1.54, 1.807) is 24.1 Å². The Labute approximate surface area is 197 Å². The fourth-order valence-corrected chi connectivity index (χ4v) is 4.24. The second-order valence-electron chi connectivity index (χ2n) is 8.05. The first-order chi connectivity index (χ1) is 16.5. The van der Waals surface area contributed by atoms with Crippen molar-refractivity contribution in [1.29, 1.82) is 0 Å². The lowest BCUT2D eigenvalue weighted by Crippen LogP contribution is -2.31. The van der Waals surface area contributed by atoms with Gasteiger partial charge < -0.3 is 23.5 Å². The maximum Gasteiger partial charge on any atom is 0.290 e. The fourth-order valence-electron chi connectivity index (χ4n) is 4.24. The maximum atomic E-state index is 13.9. The highest BCUT2D eigenvalue weighted by Gasteiger charge is 2.42. The van der Waals surface area contributed by atoms with Crippen molar-refractivity contribution < 1.29 is 27.8 Å². The van der Waals surface area contributed by atoms with E-state index in [-0.39, 0.29) is 28.2 Å². The minimum Gasteiger partial charge on any atom is -0.490 e. The summed E-state index contributed by atoms with van der Waals surface area (Å²) in [5, 5.41) is 0.100.